The highest BCUT2D eigenvalue weighted by Crippen LogP contribution is 2.42. The number of aliphatic hydroxyl groups excluding tert-OH is 1. The molecular formula is C18H19N4O4-. The van der Waals surface area contributed by atoms with E-state index < -0.39 is 0 Å². The quantitative estimate of drug-likeness (QED) is 0.484. The number of nitrogens with one attached hydrogen (secondary N) is 1. The second-order valence-electron chi connectivity index (χ2n) is 6.11. The van der Waals surface area contributed by atoms with E-state index >= 15 is 0 Å². The van der Waals surface area contributed by atoms with Gasteiger partial charge in [-0.05, 0) is 30.3 Å². The highest BCUT2D eigenvalue weighted by molar-refractivity contribution is 6.16. The summed E-state index contributed by atoms with van der Waals surface area (Å²) in [4.78, 5) is 6.66. The van der Waals surface area contributed by atoms with Crippen molar-refractivity contribution in [2.75, 3.05) is 48.8 Å². The van der Waals surface area contributed by atoms with E-state index in [2.05, 4.69) is 10.3 Å². The molecule has 0 atom stereocenters. The number of ether oxygens (including phenoxy) is 1. The smallest absolute Gasteiger partial charge is 0.119 e. The standard InChI is InChI=1S/C18H19N4O4/c1-26-11-2-3-13-12(10-11)17-16-14(21(8-9-23)7-6-19-17)4-5-15(22(24)25)18(16)20-13/h2-5,10,19,23-24H,6-9H2,1H3/q-1. The first-order chi connectivity index (χ1) is 12.6. The van der Waals surface area contributed by atoms with Gasteiger partial charge in [-0.25, -0.2) is 4.98 Å². The maximum absolute atomic E-state index is 11.7. The van der Waals surface area contributed by atoms with Gasteiger partial charge in [0.25, 0.3) is 0 Å². The zero-order valence-corrected chi connectivity index (χ0v) is 14.3. The lowest BCUT2D eigenvalue weighted by atomic mass is 10.0. The Morgan fingerprint density at radius 3 is 2.92 bits per heavy atom. The largest absolute Gasteiger partial charge is 0.733 e. The minimum Gasteiger partial charge on any atom is -0.733 e. The van der Waals surface area contributed by atoms with E-state index in [1.54, 1.807) is 25.3 Å². The highest BCUT2D eigenvalue weighted by atomic mass is 16.8. The lowest BCUT2D eigenvalue weighted by Crippen LogP contribution is -2.30. The Hall–Kier alpha value is -2.81. The number of rotatable bonds is 4. The molecule has 8 nitrogen and oxygen atoms in total. The Bertz CT molecular complexity index is 976. The van der Waals surface area contributed by atoms with Crippen molar-refractivity contribution in [1.82, 2.24) is 4.98 Å². The average molecular weight is 355 g/mol. The molecule has 2 heterocycles. The summed E-state index contributed by atoms with van der Waals surface area (Å²) < 4.78 is 5.34. The maximum Gasteiger partial charge on any atom is 0.119 e. The van der Waals surface area contributed by atoms with E-state index in [0.29, 0.717) is 36.4 Å². The van der Waals surface area contributed by atoms with Crippen molar-refractivity contribution in [3.05, 3.63) is 35.5 Å². The summed E-state index contributed by atoms with van der Waals surface area (Å²) in [5, 5.41) is 35.5. The molecule has 1 aliphatic rings. The van der Waals surface area contributed by atoms with Crippen LogP contribution in [0.5, 0.6) is 5.75 Å². The average Bonchev–Trinajstić information content (AvgIpc) is 2.83. The van der Waals surface area contributed by atoms with Gasteiger partial charge in [0, 0.05) is 36.1 Å². The number of nitrogens with zero attached hydrogens (tertiary/aromatic N) is 3. The summed E-state index contributed by atoms with van der Waals surface area (Å²) >= 11 is 0. The highest BCUT2D eigenvalue weighted by Gasteiger charge is 2.22. The number of aromatic nitrogens is 1. The van der Waals surface area contributed by atoms with Gasteiger partial charge in [-0.1, -0.05) is 0 Å². The fourth-order valence-corrected chi connectivity index (χ4v) is 3.51. The van der Waals surface area contributed by atoms with Crippen LogP contribution < -0.4 is 20.2 Å². The molecular weight excluding hydrogens is 336 g/mol. The molecule has 2 aromatic carbocycles. The Balaban J connectivity index is 2.12. The maximum atomic E-state index is 11.7. The molecule has 0 saturated carbocycles. The minimum absolute atomic E-state index is 0.0150. The van der Waals surface area contributed by atoms with Gasteiger partial charge >= 0.3 is 0 Å². The normalized spacial score (nSPS) is 13.6. The van der Waals surface area contributed by atoms with Crippen molar-refractivity contribution >= 4 is 38.9 Å². The monoisotopic (exact) mass is 355 g/mol. The van der Waals surface area contributed by atoms with Crippen LogP contribution in [0.1, 0.15) is 0 Å². The lowest BCUT2D eigenvalue weighted by Gasteiger charge is -2.27. The summed E-state index contributed by atoms with van der Waals surface area (Å²) in [6.07, 6.45) is 0. The van der Waals surface area contributed by atoms with Crippen molar-refractivity contribution in [2.24, 2.45) is 0 Å². The number of anilines is 3. The molecule has 0 unspecified atom stereocenters. The molecule has 0 saturated heterocycles. The van der Waals surface area contributed by atoms with Crippen LogP contribution in [0.25, 0.3) is 21.8 Å². The van der Waals surface area contributed by atoms with E-state index in [-0.39, 0.29) is 17.5 Å². The molecule has 0 spiro atoms. The van der Waals surface area contributed by atoms with Crippen molar-refractivity contribution in [3.8, 4) is 5.75 Å². The predicted octanol–water partition coefficient (Wildman–Crippen LogP) is 2.31. The number of benzene rings is 2. The summed E-state index contributed by atoms with van der Waals surface area (Å²) in [6.45, 7) is 1.83. The molecule has 3 N–H and O–H groups in total. The first-order valence-electron chi connectivity index (χ1n) is 8.34. The second kappa shape index (κ2) is 6.49. The van der Waals surface area contributed by atoms with Gasteiger partial charge in [0.15, 0.2) is 0 Å². The van der Waals surface area contributed by atoms with Crippen LogP contribution in [0.3, 0.4) is 0 Å². The van der Waals surface area contributed by atoms with Crippen LogP contribution in [-0.2, 0) is 0 Å². The van der Waals surface area contributed by atoms with Gasteiger partial charge in [-0.2, -0.15) is 0 Å². The minimum atomic E-state index is -0.160. The molecule has 1 aromatic heterocycles. The van der Waals surface area contributed by atoms with Crippen molar-refractivity contribution in [2.45, 2.75) is 0 Å². The number of aliphatic hydroxyl groups is 1. The third-order valence-electron chi connectivity index (χ3n) is 4.69. The molecule has 4 rings (SSSR count). The summed E-state index contributed by atoms with van der Waals surface area (Å²) in [5.41, 5.74) is 2.87. The SMILES string of the molecule is COc1ccc2nc3c(N([O-])O)ccc4c3c(c2c1)NCCN4CCO. The van der Waals surface area contributed by atoms with Crippen LogP contribution >= 0.6 is 0 Å². The van der Waals surface area contributed by atoms with E-state index in [1.807, 2.05) is 17.0 Å². The first-order valence-corrected chi connectivity index (χ1v) is 8.34. The second-order valence-corrected chi connectivity index (χ2v) is 6.11. The van der Waals surface area contributed by atoms with Gasteiger partial charge in [0.05, 0.1) is 36.1 Å². The van der Waals surface area contributed by atoms with Crippen molar-refractivity contribution in [1.29, 1.82) is 0 Å². The van der Waals surface area contributed by atoms with Gasteiger partial charge in [0.2, 0.25) is 0 Å². The molecule has 8 heteroatoms. The molecule has 0 radical (unpaired) electrons. The number of hydrogen-bond acceptors (Lipinski definition) is 8. The third-order valence-corrected chi connectivity index (χ3v) is 4.69. The number of methoxy groups -OCH3 is 1. The summed E-state index contributed by atoms with van der Waals surface area (Å²) in [7, 11) is 1.61. The van der Waals surface area contributed by atoms with Gasteiger partial charge in [0.1, 0.15) is 5.75 Å². The Labute approximate surface area is 149 Å². The molecule has 0 bridgehead atoms. The fourth-order valence-electron chi connectivity index (χ4n) is 3.51. The Kier molecular flexibility index (Phi) is 4.15. The molecule has 0 aliphatic carbocycles. The zero-order chi connectivity index (χ0) is 18.3. The molecule has 26 heavy (non-hydrogen) atoms. The van der Waals surface area contributed by atoms with E-state index in [1.165, 1.54) is 0 Å². The van der Waals surface area contributed by atoms with Crippen molar-refractivity contribution in [3.63, 3.8) is 0 Å². The molecule has 1 aliphatic heterocycles. The Morgan fingerprint density at radius 2 is 2.19 bits per heavy atom. The number of β-amino-alcohol motifs (C(OH)–C–C–N with tert-alkyl or cyclic N) is 1. The van der Waals surface area contributed by atoms with Crippen LogP contribution in [0.4, 0.5) is 17.1 Å². The molecule has 3 aromatic rings. The van der Waals surface area contributed by atoms with Gasteiger partial charge < -0.3 is 30.5 Å². The topological polar surface area (TPSA) is 104 Å². The lowest BCUT2D eigenvalue weighted by molar-refractivity contribution is 0.297. The Morgan fingerprint density at radius 1 is 1.35 bits per heavy atom. The number of fused-ring (bicyclic) bond motifs is 2. The molecule has 136 valence electrons. The first kappa shape index (κ1) is 16.6. The van der Waals surface area contributed by atoms with Crippen LogP contribution in [0, 0.1) is 5.21 Å². The summed E-state index contributed by atoms with van der Waals surface area (Å²) in [5.74, 6) is 0.707. The van der Waals surface area contributed by atoms with Gasteiger partial charge in [-0.15, -0.1) is 0 Å². The zero-order valence-electron chi connectivity index (χ0n) is 14.3. The third kappa shape index (κ3) is 2.55. The van der Waals surface area contributed by atoms with E-state index in [0.717, 1.165) is 22.1 Å². The number of pyridine rings is 1. The van der Waals surface area contributed by atoms with Crippen LogP contribution in [-0.4, -0.2) is 48.6 Å². The van der Waals surface area contributed by atoms with E-state index in [4.69, 9.17) is 4.74 Å². The molecule has 0 fully saturated rings. The fraction of sp³-hybridized carbons (Fsp3) is 0.278. The van der Waals surface area contributed by atoms with Crippen LogP contribution in [0.15, 0.2) is 30.3 Å². The summed E-state index contributed by atoms with van der Waals surface area (Å²) in [6, 6.07) is 8.85. The predicted molar refractivity (Wildman–Crippen MR) is 101 cm³/mol. The van der Waals surface area contributed by atoms with Crippen LogP contribution in [0.2, 0.25) is 0 Å². The molecule has 0 amide bonds. The van der Waals surface area contributed by atoms with Gasteiger partial charge in [-0.3, -0.25) is 5.21 Å². The number of hydrogen-bond donors (Lipinski definition) is 3. The van der Waals surface area contributed by atoms with E-state index in [9.17, 15) is 15.5 Å². The van der Waals surface area contributed by atoms with Crippen molar-refractivity contribution < 1.29 is 15.1 Å².